The third-order valence-electron chi connectivity index (χ3n) is 4.65. The summed E-state index contributed by atoms with van der Waals surface area (Å²) in [6.07, 6.45) is 2.80. The number of hydrogen-bond donors (Lipinski definition) is 1. The van der Waals surface area contributed by atoms with Gasteiger partial charge in [-0.15, -0.1) is 0 Å². The average molecular weight is 368 g/mol. The van der Waals surface area contributed by atoms with Gasteiger partial charge in [0.25, 0.3) is 5.91 Å². The maximum absolute atomic E-state index is 12.3. The first-order chi connectivity index (χ1) is 13.1. The lowest BCUT2D eigenvalue weighted by molar-refractivity contribution is 0.0552. The largest absolute Gasteiger partial charge is 0.497 e. The van der Waals surface area contributed by atoms with Crippen LogP contribution in [-0.2, 0) is 0 Å². The van der Waals surface area contributed by atoms with Gasteiger partial charge in [0.2, 0.25) is 0 Å². The summed E-state index contributed by atoms with van der Waals surface area (Å²) in [4.78, 5) is 22.8. The average Bonchev–Trinajstić information content (AvgIpc) is 3.22. The molecular formula is C19H20N4O4. The first kappa shape index (κ1) is 17.1. The number of hydrogen-bond acceptors (Lipinski definition) is 7. The van der Waals surface area contributed by atoms with Crippen molar-refractivity contribution in [2.45, 2.75) is 18.9 Å². The van der Waals surface area contributed by atoms with E-state index in [-0.39, 0.29) is 18.0 Å². The van der Waals surface area contributed by atoms with Gasteiger partial charge >= 0.3 is 6.01 Å². The molecule has 2 aromatic heterocycles. The van der Waals surface area contributed by atoms with E-state index >= 15 is 0 Å². The predicted octanol–water partition coefficient (Wildman–Crippen LogP) is 2.50. The van der Waals surface area contributed by atoms with Gasteiger partial charge in [-0.05, 0) is 24.3 Å². The van der Waals surface area contributed by atoms with E-state index in [9.17, 15) is 4.79 Å². The number of anilines is 1. The fourth-order valence-electron chi connectivity index (χ4n) is 3.17. The van der Waals surface area contributed by atoms with Gasteiger partial charge in [-0.25, -0.2) is 0 Å². The van der Waals surface area contributed by atoms with E-state index in [0.29, 0.717) is 48.8 Å². The summed E-state index contributed by atoms with van der Waals surface area (Å²) < 4.78 is 16.3. The van der Waals surface area contributed by atoms with Crippen LogP contribution in [0.5, 0.6) is 11.8 Å². The lowest BCUT2D eigenvalue weighted by Crippen LogP contribution is -2.41. The number of carbonyl (C=O) groups excluding carboxylic acids is 1. The normalized spacial score (nSPS) is 15.1. The summed E-state index contributed by atoms with van der Waals surface area (Å²) in [6, 6.07) is 9.06. The highest BCUT2D eigenvalue weighted by atomic mass is 16.5. The third-order valence-corrected chi connectivity index (χ3v) is 4.65. The molecule has 1 aromatic carbocycles. The van der Waals surface area contributed by atoms with Gasteiger partial charge in [0.05, 0.1) is 18.9 Å². The number of nitrogens with zero attached hydrogens (tertiary/aromatic N) is 3. The molecular weight excluding hydrogens is 348 g/mol. The summed E-state index contributed by atoms with van der Waals surface area (Å²) in [5.74, 6) is 1.31. The highest BCUT2D eigenvalue weighted by molar-refractivity contribution is 5.91. The van der Waals surface area contributed by atoms with Crippen LogP contribution in [0.15, 0.2) is 41.0 Å². The molecule has 27 heavy (non-hydrogen) atoms. The first-order valence-corrected chi connectivity index (χ1v) is 8.75. The summed E-state index contributed by atoms with van der Waals surface area (Å²) >= 11 is 0. The highest BCUT2D eigenvalue weighted by Crippen LogP contribution is 2.26. The molecule has 0 bridgehead atoms. The number of aromatic nitrogens is 2. The number of methoxy groups -OCH3 is 1. The Bertz CT molecular complexity index is 950. The molecule has 0 spiro atoms. The van der Waals surface area contributed by atoms with E-state index in [0.717, 1.165) is 5.39 Å². The van der Waals surface area contributed by atoms with Crippen molar-refractivity contribution in [2.24, 2.45) is 0 Å². The lowest BCUT2D eigenvalue weighted by atomic mass is 10.1. The number of furan rings is 1. The zero-order valence-electron chi connectivity index (χ0n) is 14.9. The molecule has 2 N–H and O–H groups in total. The Labute approximate surface area is 155 Å². The molecule has 0 unspecified atom stereocenters. The molecule has 1 aliphatic heterocycles. The van der Waals surface area contributed by atoms with Gasteiger partial charge < -0.3 is 24.5 Å². The number of amides is 1. The second-order valence-corrected chi connectivity index (χ2v) is 6.36. The summed E-state index contributed by atoms with van der Waals surface area (Å²) in [5, 5.41) is 0.752. The molecule has 4 rings (SSSR count). The van der Waals surface area contributed by atoms with Crippen molar-refractivity contribution >= 4 is 22.6 Å². The van der Waals surface area contributed by atoms with Crippen molar-refractivity contribution in [1.29, 1.82) is 0 Å². The lowest BCUT2D eigenvalue weighted by Gasteiger charge is -2.31. The van der Waals surface area contributed by atoms with Gasteiger partial charge in [0, 0.05) is 37.4 Å². The highest BCUT2D eigenvalue weighted by Gasteiger charge is 2.26. The first-order valence-electron chi connectivity index (χ1n) is 8.75. The third kappa shape index (κ3) is 3.51. The molecule has 1 amide bonds. The monoisotopic (exact) mass is 368 g/mol. The smallest absolute Gasteiger partial charge is 0.319 e. The van der Waals surface area contributed by atoms with E-state index in [1.54, 1.807) is 30.2 Å². The second-order valence-electron chi connectivity index (χ2n) is 6.36. The van der Waals surface area contributed by atoms with Crippen molar-refractivity contribution < 1.29 is 18.7 Å². The number of carbonyl (C=O) groups is 1. The SMILES string of the molecule is COc1ccc2c(N)nc(OC3CCN(C(=O)c4ccco4)CC3)nc2c1. The quantitative estimate of drug-likeness (QED) is 0.754. The Hall–Kier alpha value is -3.29. The molecule has 3 heterocycles. The fraction of sp³-hybridized carbons (Fsp3) is 0.316. The van der Waals surface area contributed by atoms with E-state index in [1.807, 2.05) is 12.1 Å². The Morgan fingerprint density at radius 3 is 2.78 bits per heavy atom. The van der Waals surface area contributed by atoms with Crippen LogP contribution < -0.4 is 15.2 Å². The molecule has 1 saturated heterocycles. The fourth-order valence-corrected chi connectivity index (χ4v) is 3.17. The Balaban J connectivity index is 1.43. The van der Waals surface area contributed by atoms with E-state index in [2.05, 4.69) is 9.97 Å². The maximum atomic E-state index is 12.3. The van der Waals surface area contributed by atoms with Crippen LogP contribution in [0.3, 0.4) is 0 Å². The van der Waals surface area contributed by atoms with Crippen molar-refractivity contribution in [1.82, 2.24) is 14.9 Å². The number of nitrogens with two attached hydrogens (primary N) is 1. The molecule has 0 radical (unpaired) electrons. The molecule has 0 saturated carbocycles. The van der Waals surface area contributed by atoms with E-state index in [4.69, 9.17) is 19.6 Å². The maximum Gasteiger partial charge on any atom is 0.319 e. The predicted molar refractivity (Wildman–Crippen MR) is 98.8 cm³/mol. The number of benzene rings is 1. The standard InChI is InChI=1S/C19H20N4O4/c1-25-13-4-5-14-15(11-13)21-19(22-17(14)20)27-12-6-8-23(9-7-12)18(24)16-3-2-10-26-16/h2-5,10-12H,6-9H2,1H3,(H2,20,21,22). The summed E-state index contributed by atoms with van der Waals surface area (Å²) in [6.45, 7) is 1.17. The second kappa shape index (κ2) is 7.14. The molecule has 1 aliphatic rings. The van der Waals surface area contributed by atoms with Gasteiger partial charge in [-0.2, -0.15) is 9.97 Å². The molecule has 1 fully saturated rings. The number of fused-ring (bicyclic) bond motifs is 1. The van der Waals surface area contributed by atoms with E-state index in [1.165, 1.54) is 6.26 Å². The van der Waals surface area contributed by atoms with Gasteiger partial charge in [-0.1, -0.05) is 0 Å². The minimum Gasteiger partial charge on any atom is -0.497 e. The number of likely N-dealkylation sites (tertiary alicyclic amines) is 1. The number of rotatable bonds is 4. The van der Waals surface area contributed by atoms with Crippen molar-refractivity contribution in [3.05, 3.63) is 42.4 Å². The van der Waals surface area contributed by atoms with Gasteiger partial charge in [-0.3, -0.25) is 4.79 Å². The molecule has 8 heteroatoms. The van der Waals surface area contributed by atoms with Crippen molar-refractivity contribution in [2.75, 3.05) is 25.9 Å². The van der Waals surface area contributed by atoms with Gasteiger partial charge in [0.15, 0.2) is 5.76 Å². The summed E-state index contributed by atoms with van der Waals surface area (Å²) in [5.41, 5.74) is 6.70. The number of ether oxygens (including phenoxy) is 2. The topological polar surface area (TPSA) is 104 Å². The minimum atomic E-state index is -0.100. The molecule has 8 nitrogen and oxygen atoms in total. The number of nitrogen functional groups attached to an aromatic ring is 1. The summed E-state index contributed by atoms with van der Waals surface area (Å²) in [7, 11) is 1.60. The zero-order chi connectivity index (χ0) is 18.8. The Morgan fingerprint density at radius 1 is 1.26 bits per heavy atom. The zero-order valence-corrected chi connectivity index (χ0v) is 14.9. The van der Waals surface area contributed by atoms with Crippen molar-refractivity contribution in [3.63, 3.8) is 0 Å². The van der Waals surface area contributed by atoms with Crippen LogP contribution in [0, 0.1) is 0 Å². The van der Waals surface area contributed by atoms with Crippen LogP contribution in [-0.4, -0.2) is 47.1 Å². The molecule has 3 aromatic rings. The Morgan fingerprint density at radius 2 is 2.07 bits per heavy atom. The van der Waals surface area contributed by atoms with Crippen molar-refractivity contribution in [3.8, 4) is 11.8 Å². The van der Waals surface area contributed by atoms with E-state index < -0.39 is 0 Å². The van der Waals surface area contributed by atoms with Crippen LogP contribution in [0.1, 0.15) is 23.4 Å². The number of piperidine rings is 1. The van der Waals surface area contributed by atoms with Crippen LogP contribution in [0.4, 0.5) is 5.82 Å². The molecule has 0 aliphatic carbocycles. The Kier molecular flexibility index (Phi) is 4.53. The van der Waals surface area contributed by atoms with Gasteiger partial charge in [0.1, 0.15) is 17.7 Å². The molecule has 0 atom stereocenters. The minimum absolute atomic E-state index is 0.0758. The van der Waals surface area contributed by atoms with Crippen LogP contribution in [0.25, 0.3) is 10.9 Å². The van der Waals surface area contributed by atoms with Crippen LogP contribution >= 0.6 is 0 Å². The molecule has 140 valence electrons. The van der Waals surface area contributed by atoms with Crippen LogP contribution in [0.2, 0.25) is 0 Å².